The molecule has 2 atom stereocenters. The summed E-state index contributed by atoms with van der Waals surface area (Å²) in [5, 5.41) is 7.32. The lowest BCUT2D eigenvalue weighted by molar-refractivity contribution is 0.101. The zero-order valence-electron chi connectivity index (χ0n) is 8.51. The number of methoxy groups -OCH3 is 1. The summed E-state index contributed by atoms with van der Waals surface area (Å²) in [5.41, 5.74) is 1.30. The molecule has 0 aromatic heterocycles. The third-order valence-electron chi connectivity index (χ3n) is 1.99. The Balaban J connectivity index is 4.22. The molecule has 0 aromatic rings. The number of nitrogens with one attached hydrogen (secondary N) is 1. The number of hydrogen-bond donors (Lipinski definition) is 1. The van der Waals surface area contributed by atoms with Crippen molar-refractivity contribution in [3.8, 4) is 0 Å². The molecule has 12 heavy (non-hydrogen) atoms. The van der Waals surface area contributed by atoms with Gasteiger partial charge in [-0.05, 0) is 27.7 Å². The first kappa shape index (κ1) is 11.3. The molecule has 0 aliphatic carbocycles. The summed E-state index contributed by atoms with van der Waals surface area (Å²) in [7, 11) is 1.67. The summed E-state index contributed by atoms with van der Waals surface area (Å²) in [5.74, 6) is 0. The predicted octanol–water partition coefficient (Wildman–Crippen LogP) is 1.91. The summed E-state index contributed by atoms with van der Waals surface area (Å²) < 4.78 is 5.12. The molecular formula is C9H18N2O. The van der Waals surface area contributed by atoms with Gasteiger partial charge in [0.2, 0.25) is 0 Å². The average Bonchev–Trinajstić information content (AvgIpc) is 2.02. The van der Waals surface area contributed by atoms with Gasteiger partial charge in [-0.3, -0.25) is 4.99 Å². The van der Waals surface area contributed by atoms with Crippen molar-refractivity contribution in [2.24, 2.45) is 4.99 Å². The van der Waals surface area contributed by atoms with Crippen molar-refractivity contribution in [3.05, 3.63) is 0 Å². The lowest BCUT2D eigenvalue weighted by Gasteiger charge is -2.14. The van der Waals surface area contributed by atoms with Gasteiger partial charge in [-0.15, -0.1) is 0 Å². The van der Waals surface area contributed by atoms with Gasteiger partial charge in [-0.1, -0.05) is 0 Å². The van der Waals surface area contributed by atoms with Crippen molar-refractivity contribution in [1.82, 2.24) is 0 Å². The molecule has 0 rings (SSSR count). The SMILES string of the molecule is CO[C@@H](C)C(C)/N=C(/C)C(C)=N. The topological polar surface area (TPSA) is 45.4 Å². The second kappa shape index (κ2) is 5.04. The van der Waals surface area contributed by atoms with E-state index in [2.05, 4.69) is 4.99 Å². The summed E-state index contributed by atoms with van der Waals surface area (Å²) in [6, 6.07) is 0.121. The van der Waals surface area contributed by atoms with E-state index in [-0.39, 0.29) is 12.1 Å². The first-order valence-corrected chi connectivity index (χ1v) is 4.11. The highest BCUT2D eigenvalue weighted by Gasteiger charge is 2.09. The largest absolute Gasteiger partial charge is 0.380 e. The van der Waals surface area contributed by atoms with Crippen LogP contribution in [-0.4, -0.2) is 30.7 Å². The molecule has 0 saturated carbocycles. The maximum absolute atomic E-state index is 7.32. The van der Waals surface area contributed by atoms with E-state index in [0.717, 1.165) is 5.71 Å². The lowest BCUT2D eigenvalue weighted by atomic mass is 10.2. The molecule has 0 spiro atoms. The highest BCUT2D eigenvalue weighted by atomic mass is 16.5. The molecule has 0 saturated heterocycles. The Morgan fingerprint density at radius 1 is 1.33 bits per heavy atom. The van der Waals surface area contributed by atoms with E-state index in [4.69, 9.17) is 10.1 Å². The molecule has 0 fully saturated rings. The van der Waals surface area contributed by atoms with Crippen LogP contribution in [-0.2, 0) is 4.74 Å². The molecule has 0 heterocycles. The fourth-order valence-electron chi connectivity index (χ4n) is 0.704. The zero-order valence-corrected chi connectivity index (χ0v) is 8.51. The minimum absolute atomic E-state index is 0.110. The van der Waals surface area contributed by atoms with E-state index in [1.54, 1.807) is 14.0 Å². The summed E-state index contributed by atoms with van der Waals surface area (Å²) in [6.07, 6.45) is 0.110. The first-order valence-electron chi connectivity index (χ1n) is 4.11. The molecule has 70 valence electrons. The van der Waals surface area contributed by atoms with Crippen molar-refractivity contribution in [3.63, 3.8) is 0 Å². The second-order valence-corrected chi connectivity index (χ2v) is 3.02. The molecule has 0 bridgehead atoms. The van der Waals surface area contributed by atoms with Gasteiger partial charge in [-0.25, -0.2) is 0 Å². The van der Waals surface area contributed by atoms with Gasteiger partial charge in [-0.2, -0.15) is 0 Å². The molecule has 0 aliphatic rings. The van der Waals surface area contributed by atoms with Crippen LogP contribution < -0.4 is 0 Å². The van der Waals surface area contributed by atoms with Crippen LogP contribution in [0.4, 0.5) is 0 Å². The maximum Gasteiger partial charge on any atom is 0.0763 e. The first-order chi connectivity index (χ1) is 5.49. The fraction of sp³-hybridized carbons (Fsp3) is 0.778. The fourth-order valence-corrected chi connectivity index (χ4v) is 0.704. The third kappa shape index (κ3) is 3.62. The third-order valence-corrected chi connectivity index (χ3v) is 1.99. The van der Waals surface area contributed by atoms with Crippen LogP contribution in [0.2, 0.25) is 0 Å². The molecule has 0 aromatic carbocycles. The summed E-state index contributed by atoms with van der Waals surface area (Å²) in [4.78, 5) is 4.31. The Morgan fingerprint density at radius 2 is 1.83 bits per heavy atom. The molecule has 0 aliphatic heterocycles. The second-order valence-electron chi connectivity index (χ2n) is 3.02. The monoisotopic (exact) mass is 170 g/mol. The van der Waals surface area contributed by atoms with E-state index in [0.29, 0.717) is 5.71 Å². The quantitative estimate of drug-likeness (QED) is 0.643. The molecular weight excluding hydrogens is 152 g/mol. The Morgan fingerprint density at radius 3 is 2.17 bits per heavy atom. The molecule has 3 heteroatoms. The van der Waals surface area contributed by atoms with Gasteiger partial charge >= 0.3 is 0 Å². The highest BCUT2D eigenvalue weighted by molar-refractivity contribution is 6.39. The lowest BCUT2D eigenvalue weighted by Crippen LogP contribution is -2.22. The van der Waals surface area contributed by atoms with Gasteiger partial charge in [0.1, 0.15) is 0 Å². The van der Waals surface area contributed by atoms with Gasteiger partial charge in [0.15, 0.2) is 0 Å². The van der Waals surface area contributed by atoms with Gasteiger partial charge < -0.3 is 10.1 Å². The number of rotatable bonds is 4. The van der Waals surface area contributed by atoms with Crippen LogP contribution in [0, 0.1) is 5.41 Å². The molecule has 0 radical (unpaired) electrons. The van der Waals surface area contributed by atoms with E-state index in [1.807, 2.05) is 20.8 Å². The molecule has 1 unspecified atom stereocenters. The Labute approximate surface area is 74.4 Å². The highest BCUT2D eigenvalue weighted by Crippen LogP contribution is 2.01. The molecule has 0 amide bonds. The van der Waals surface area contributed by atoms with Crippen LogP contribution in [0.25, 0.3) is 0 Å². The van der Waals surface area contributed by atoms with Gasteiger partial charge in [0.25, 0.3) is 0 Å². The summed E-state index contributed by atoms with van der Waals surface area (Å²) >= 11 is 0. The van der Waals surface area contributed by atoms with Crippen LogP contribution in [0.3, 0.4) is 0 Å². The van der Waals surface area contributed by atoms with Crippen molar-refractivity contribution < 1.29 is 4.74 Å². The Bertz CT molecular complexity index is 187. The Hall–Kier alpha value is -0.700. The Kier molecular flexibility index (Phi) is 4.74. The number of ether oxygens (including phenoxy) is 1. The van der Waals surface area contributed by atoms with E-state index < -0.39 is 0 Å². The van der Waals surface area contributed by atoms with Crippen LogP contribution in [0.15, 0.2) is 4.99 Å². The van der Waals surface area contributed by atoms with Gasteiger partial charge in [0, 0.05) is 12.8 Å². The predicted molar refractivity (Wildman–Crippen MR) is 52.4 cm³/mol. The van der Waals surface area contributed by atoms with E-state index >= 15 is 0 Å². The van der Waals surface area contributed by atoms with Crippen LogP contribution in [0.5, 0.6) is 0 Å². The van der Waals surface area contributed by atoms with Crippen molar-refractivity contribution >= 4 is 11.4 Å². The minimum atomic E-state index is 0.110. The number of hydrogen-bond acceptors (Lipinski definition) is 3. The van der Waals surface area contributed by atoms with E-state index in [9.17, 15) is 0 Å². The molecule has 1 N–H and O–H groups in total. The van der Waals surface area contributed by atoms with E-state index in [1.165, 1.54) is 0 Å². The van der Waals surface area contributed by atoms with Gasteiger partial charge in [0.05, 0.1) is 17.9 Å². The number of aliphatic imine (C=N–C) groups is 1. The average molecular weight is 170 g/mol. The van der Waals surface area contributed by atoms with Crippen molar-refractivity contribution in [2.75, 3.05) is 7.11 Å². The zero-order chi connectivity index (χ0) is 9.72. The maximum atomic E-state index is 7.32. The van der Waals surface area contributed by atoms with Crippen LogP contribution in [0.1, 0.15) is 27.7 Å². The van der Waals surface area contributed by atoms with Crippen LogP contribution >= 0.6 is 0 Å². The standard InChI is InChI=1S/C9H18N2O/c1-6(10)7(2)11-8(3)9(4)12-5/h8-10H,1-5H3/b10-6?,11-7-/t8?,9-/m0/s1. The summed E-state index contributed by atoms with van der Waals surface area (Å²) in [6.45, 7) is 7.55. The van der Waals surface area contributed by atoms with Crippen molar-refractivity contribution in [2.45, 2.75) is 39.8 Å². The minimum Gasteiger partial charge on any atom is -0.380 e. The number of nitrogens with zero attached hydrogens (tertiary/aromatic N) is 1. The normalized spacial score (nSPS) is 17.2. The molecule has 3 nitrogen and oxygen atoms in total. The van der Waals surface area contributed by atoms with Crippen molar-refractivity contribution in [1.29, 1.82) is 5.41 Å². The smallest absolute Gasteiger partial charge is 0.0763 e.